The number of carbonyl (C=O) groups excluding carboxylic acids is 3. The maximum absolute atomic E-state index is 13.4. The molecule has 0 unspecified atom stereocenters. The lowest BCUT2D eigenvalue weighted by Crippen LogP contribution is -2.56. The lowest BCUT2D eigenvalue weighted by atomic mass is 9.86. The largest absolute Gasteiger partial charge is 0.341 e. The summed E-state index contributed by atoms with van der Waals surface area (Å²) in [6.45, 7) is 8.38. The predicted octanol–water partition coefficient (Wildman–Crippen LogP) is 2.99. The number of rotatable bonds is 5. The van der Waals surface area contributed by atoms with Gasteiger partial charge in [0.05, 0.1) is 6.04 Å². The minimum Gasteiger partial charge on any atom is -0.341 e. The summed E-state index contributed by atoms with van der Waals surface area (Å²) in [7, 11) is 0. The lowest BCUT2D eigenvalue weighted by Gasteiger charge is -2.39. The minimum absolute atomic E-state index is 0.0618. The summed E-state index contributed by atoms with van der Waals surface area (Å²) in [4.78, 5) is 45.0. The van der Waals surface area contributed by atoms with E-state index in [0.717, 1.165) is 51.9 Å². The van der Waals surface area contributed by atoms with Crippen molar-refractivity contribution in [3.63, 3.8) is 0 Å². The van der Waals surface area contributed by atoms with Crippen LogP contribution in [0.2, 0.25) is 0 Å². The molecule has 174 valence electrons. The number of urea groups is 1. The molecule has 4 amide bonds. The molecule has 7 nitrogen and oxygen atoms in total. The molecule has 4 rings (SSSR count). The van der Waals surface area contributed by atoms with Crippen LogP contribution in [0.5, 0.6) is 0 Å². The van der Waals surface area contributed by atoms with Crippen molar-refractivity contribution >= 4 is 17.8 Å². The van der Waals surface area contributed by atoms with Gasteiger partial charge in [-0.15, -0.1) is 0 Å². The van der Waals surface area contributed by atoms with Gasteiger partial charge in [-0.1, -0.05) is 33.1 Å². The zero-order valence-electron chi connectivity index (χ0n) is 19.4. The highest BCUT2D eigenvalue weighted by Crippen LogP contribution is 2.33. The minimum atomic E-state index is -0.737. The third-order valence-electron chi connectivity index (χ3n) is 7.83. The predicted molar refractivity (Wildman–Crippen MR) is 119 cm³/mol. The van der Waals surface area contributed by atoms with Crippen molar-refractivity contribution in [2.24, 2.45) is 11.8 Å². The smallest absolute Gasteiger partial charge is 0.325 e. The number of imide groups is 1. The molecule has 0 bridgehead atoms. The topological polar surface area (TPSA) is 73.0 Å². The Morgan fingerprint density at radius 2 is 1.74 bits per heavy atom. The first-order valence-electron chi connectivity index (χ1n) is 12.5. The molecule has 31 heavy (non-hydrogen) atoms. The molecule has 4 aliphatic rings. The second kappa shape index (κ2) is 9.47. The fourth-order valence-electron chi connectivity index (χ4n) is 6.10. The van der Waals surface area contributed by atoms with Crippen LogP contribution in [0.15, 0.2) is 0 Å². The summed E-state index contributed by atoms with van der Waals surface area (Å²) in [5.74, 6) is 1.25. The Kier molecular flexibility index (Phi) is 6.89. The molecule has 0 aromatic heterocycles. The van der Waals surface area contributed by atoms with E-state index < -0.39 is 5.54 Å². The van der Waals surface area contributed by atoms with E-state index in [1.165, 1.54) is 24.2 Å². The Hall–Kier alpha value is -1.63. The number of hydrogen-bond acceptors (Lipinski definition) is 4. The van der Waals surface area contributed by atoms with Crippen LogP contribution in [0.3, 0.4) is 0 Å². The molecular formula is C24H40N4O3. The number of nitrogens with zero attached hydrogens (tertiary/aromatic N) is 3. The van der Waals surface area contributed by atoms with Crippen LogP contribution in [0.1, 0.15) is 78.1 Å². The monoisotopic (exact) mass is 432 g/mol. The number of likely N-dealkylation sites (tertiary alicyclic amines) is 2. The molecular weight excluding hydrogens is 392 g/mol. The fourth-order valence-corrected chi connectivity index (χ4v) is 6.10. The van der Waals surface area contributed by atoms with Crippen LogP contribution in [-0.4, -0.2) is 76.8 Å². The van der Waals surface area contributed by atoms with E-state index in [9.17, 15) is 14.4 Å². The molecule has 3 saturated heterocycles. The van der Waals surface area contributed by atoms with Gasteiger partial charge in [0.15, 0.2) is 0 Å². The maximum Gasteiger partial charge on any atom is 0.325 e. The van der Waals surface area contributed by atoms with Gasteiger partial charge in [-0.05, 0) is 50.4 Å². The molecule has 1 atom stereocenters. The van der Waals surface area contributed by atoms with Crippen molar-refractivity contribution in [2.45, 2.75) is 89.6 Å². The summed E-state index contributed by atoms with van der Waals surface area (Å²) in [5.41, 5.74) is -0.737. The Bertz CT molecular complexity index is 680. The molecule has 3 aliphatic heterocycles. The lowest BCUT2D eigenvalue weighted by molar-refractivity contribution is -0.139. The van der Waals surface area contributed by atoms with E-state index in [1.54, 1.807) is 0 Å². The zero-order chi connectivity index (χ0) is 22.0. The van der Waals surface area contributed by atoms with Crippen molar-refractivity contribution in [2.75, 3.05) is 32.7 Å². The first-order valence-corrected chi connectivity index (χ1v) is 12.5. The fraction of sp³-hybridized carbons (Fsp3) is 0.875. The molecule has 0 radical (unpaired) electrons. The normalized spacial score (nSPS) is 27.9. The van der Waals surface area contributed by atoms with E-state index in [4.69, 9.17) is 0 Å². The van der Waals surface area contributed by atoms with Gasteiger partial charge in [0.25, 0.3) is 5.91 Å². The molecule has 3 heterocycles. The number of amides is 4. The van der Waals surface area contributed by atoms with Gasteiger partial charge in [-0.25, -0.2) is 4.79 Å². The standard InChI is InChI=1S/C24H40N4O3/c1-18(2)16-26-13-10-24(11-14-26)22(30)28(23(31)25-24)20-9-6-12-27(17-20)21(29)15-19-7-4-3-5-8-19/h18-20H,3-17H2,1-2H3,(H,25,31)/t20-/m0/s1. The van der Waals surface area contributed by atoms with Crippen LogP contribution in [0, 0.1) is 11.8 Å². The Labute approximate surface area is 186 Å². The van der Waals surface area contributed by atoms with E-state index in [1.807, 2.05) is 4.90 Å². The summed E-state index contributed by atoms with van der Waals surface area (Å²) < 4.78 is 0. The summed E-state index contributed by atoms with van der Waals surface area (Å²) >= 11 is 0. The number of nitrogens with one attached hydrogen (secondary N) is 1. The Morgan fingerprint density at radius 1 is 1.03 bits per heavy atom. The highest BCUT2D eigenvalue weighted by atomic mass is 16.2. The second-order valence-electron chi connectivity index (χ2n) is 10.7. The van der Waals surface area contributed by atoms with Crippen LogP contribution in [0.25, 0.3) is 0 Å². The second-order valence-corrected chi connectivity index (χ2v) is 10.7. The van der Waals surface area contributed by atoms with Crippen LogP contribution in [-0.2, 0) is 9.59 Å². The molecule has 4 fully saturated rings. The zero-order valence-corrected chi connectivity index (χ0v) is 19.4. The van der Waals surface area contributed by atoms with Crippen LogP contribution in [0.4, 0.5) is 4.79 Å². The van der Waals surface area contributed by atoms with E-state index in [0.29, 0.717) is 37.6 Å². The van der Waals surface area contributed by atoms with E-state index in [2.05, 4.69) is 24.1 Å². The van der Waals surface area contributed by atoms with Gasteiger partial charge in [0.2, 0.25) is 5.91 Å². The van der Waals surface area contributed by atoms with Gasteiger partial charge in [-0.2, -0.15) is 0 Å². The van der Waals surface area contributed by atoms with Gasteiger partial charge in [0.1, 0.15) is 5.54 Å². The van der Waals surface area contributed by atoms with Gasteiger partial charge in [-0.3, -0.25) is 14.5 Å². The van der Waals surface area contributed by atoms with Gasteiger partial charge < -0.3 is 15.1 Å². The molecule has 0 aromatic carbocycles. The summed E-state index contributed by atoms with van der Waals surface area (Å²) in [6.07, 6.45) is 9.71. The molecule has 0 aromatic rings. The Balaban J connectivity index is 1.36. The van der Waals surface area contributed by atoms with E-state index in [-0.39, 0.29) is 23.9 Å². The first kappa shape index (κ1) is 22.6. The molecule has 1 spiro atoms. The molecule has 1 saturated carbocycles. The first-order chi connectivity index (χ1) is 14.9. The maximum atomic E-state index is 13.4. The molecule has 7 heteroatoms. The van der Waals surface area contributed by atoms with Crippen molar-refractivity contribution in [1.29, 1.82) is 0 Å². The molecule has 1 aliphatic carbocycles. The third-order valence-corrected chi connectivity index (χ3v) is 7.83. The number of hydrogen-bond donors (Lipinski definition) is 1. The Morgan fingerprint density at radius 3 is 2.42 bits per heavy atom. The van der Waals surface area contributed by atoms with Gasteiger partial charge in [0, 0.05) is 39.1 Å². The SMILES string of the molecule is CC(C)CN1CCC2(CC1)NC(=O)N([C@H]1CCCN(C(=O)CC3CCCCC3)C1)C2=O. The average Bonchev–Trinajstić information content (AvgIpc) is 2.99. The molecule has 1 N–H and O–H groups in total. The number of carbonyl (C=O) groups is 3. The van der Waals surface area contributed by atoms with Crippen molar-refractivity contribution < 1.29 is 14.4 Å². The third kappa shape index (κ3) is 4.91. The number of piperidine rings is 2. The summed E-state index contributed by atoms with van der Waals surface area (Å²) in [5, 5.41) is 3.06. The summed E-state index contributed by atoms with van der Waals surface area (Å²) in [6, 6.07) is -0.446. The quantitative estimate of drug-likeness (QED) is 0.678. The van der Waals surface area contributed by atoms with E-state index >= 15 is 0 Å². The van der Waals surface area contributed by atoms with Crippen molar-refractivity contribution in [3.8, 4) is 0 Å². The highest BCUT2D eigenvalue weighted by molar-refractivity contribution is 6.07. The highest BCUT2D eigenvalue weighted by Gasteiger charge is 2.54. The van der Waals surface area contributed by atoms with Gasteiger partial charge >= 0.3 is 6.03 Å². The van der Waals surface area contributed by atoms with Crippen molar-refractivity contribution in [1.82, 2.24) is 20.0 Å². The average molecular weight is 433 g/mol. The van der Waals surface area contributed by atoms with Crippen molar-refractivity contribution in [3.05, 3.63) is 0 Å². The van der Waals surface area contributed by atoms with Crippen LogP contribution >= 0.6 is 0 Å². The van der Waals surface area contributed by atoms with Crippen LogP contribution < -0.4 is 5.32 Å².